The summed E-state index contributed by atoms with van der Waals surface area (Å²) in [6.07, 6.45) is 0. The Kier molecular flexibility index (Phi) is 4.08. The van der Waals surface area contributed by atoms with Gasteiger partial charge >= 0.3 is 0 Å². The van der Waals surface area contributed by atoms with Gasteiger partial charge in [-0.2, -0.15) is 0 Å². The van der Waals surface area contributed by atoms with E-state index in [1.807, 2.05) is 30.3 Å². The highest BCUT2D eigenvalue weighted by Gasteiger charge is 2.11. The average Bonchev–Trinajstić information content (AvgIpc) is 2.50. The molecule has 2 aromatic carbocycles. The van der Waals surface area contributed by atoms with Crippen molar-refractivity contribution in [3.63, 3.8) is 0 Å². The third-order valence-corrected chi connectivity index (χ3v) is 3.95. The van der Waals surface area contributed by atoms with E-state index < -0.39 is 0 Å². The van der Waals surface area contributed by atoms with E-state index in [4.69, 9.17) is 16.3 Å². The first-order valence-electron chi connectivity index (χ1n) is 6.25. The first-order valence-corrected chi connectivity index (χ1v) is 7.57. The molecule has 0 spiro atoms. The van der Waals surface area contributed by atoms with Gasteiger partial charge in [-0.1, -0.05) is 18.2 Å². The monoisotopic (exact) mass is 365 g/mol. The van der Waals surface area contributed by atoms with Crippen LogP contribution in [0.1, 0.15) is 5.56 Å². The first kappa shape index (κ1) is 14.3. The van der Waals surface area contributed by atoms with Gasteiger partial charge < -0.3 is 4.74 Å². The smallest absolute Gasteiger partial charge is 0.224 e. The Balaban J connectivity index is 2.08. The van der Waals surface area contributed by atoms with E-state index in [0.29, 0.717) is 16.1 Å². The molecule has 1 heterocycles. The highest BCUT2D eigenvalue weighted by molar-refractivity contribution is 9.10. The lowest BCUT2D eigenvalue weighted by Gasteiger charge is -2.11. The third-order valence-electron chi connectivity index (χ3n) is 3.01. The second-order valence-electron chi connectivity index (χ2n) is 4.46. The molecule has 0 bridgehead atoms. The van der Waals surface area contributed by atoms with E-state index >= 15 is 0 Å². The van der Waals surface area contributed by atoms with Crippen LogP contribution >= 0.6 is 27.5 Å². The number of ether oxygens (including phenoxy) is 1. The van der Waals surface area contributed by atoms with Crippen molar-refractivity contribution < 1.29 is 9.13 Å². The van der Waals surface area contributed by atoms with Gasteiger partial charge in [0.15, 0.2) is 0 Å². The van der Waals surface area contributed by atoms with Gasteiger partial charge in [0, 0.05) is 17.0 Å². The number of para-hydroxylation sites is 1. The fourth-order valence-electron chi connectivity index (χ4n) is 1.99. The summed E-state index contributed by atoms with van der Waals surface area (Å²) in [6, 6.07) is 13.9. The summed E-state index contributed by atoms with van der Waals surface area (Å²) >= 11 is 9.30. The van der Waals surface area contributed by atoms with E-state index in [1.165, 1.54) is 12.1 Å². The minimum atomic E-state index is -0.374. The van der Waals surface area contributed by atoms with Gasteiger partial charge in [-0.05, 0) is 40.2 Å². The van der Waals surface area contributed by atoms with E-state index in [2.05, 4.69) is 20.9 Å². The number of hydrogen-bond acceptors (Lipinski definition) is 2. The largest absolute Gasteiger partial charge is 0.437 e. The molecular formula is C16H10BrClFNO. The lowest BCUT2D eigenvalue weighted by Crippen LogP contribution is -1.95. The van der Waals surface area contributed by atoms with Crippen LogP contribution in [0, 0.1) is 5.82 Å². The van der Waals surface area contributed by atoms with E-state index in [-0.39, 0.29) is 11.7 Å². The van der Waals surface area contributed by atoms with Gasteiger partial charge in [0.25, 0.3) is 0 Å². The Hall–Kier alpha value is -1.65. The Labute approximate surface area is 134 Å². The number of fused-ring (bicyclic) bond motifs is 1. The molecule has 0 aliphatic carbocycles. The van der Waals surface area contributed by atoms with Crippen LogP contribution in [0.15, 0.2) is 53.0 Å². The maximum Gasteiger partial charge on any atom is 0.224 e. The van der Waals surface area contributed by atoms with Crippen LogP contribution in [0.5, 0.6) is 11.6 Å². The van der Waals surface area contributed by atoms with Gasteiger partial charge in [-0.15, -0.1) is 11.6 Å². The summed E-state index contributed by atoms with van der Waals surface area (Å²) in [7, 11) is 0. The normalized spacial score (nSPS) is 10.8. The van der Waals surface area contributed by atoms with Crippen LogP contribution < -0.4 is 4.74 Å². The summed E-state index contributed by atoms with van der Waals surface area (Å²) < 4.78 is 19.7. The molecule has 5 heteroatoms. The second kappa shape index (κ2) is 6.00. The highest BCUT2D eigenvalue weighted by Crippen LogP contribution is 2.33. The molecule has 0 saturated carbocycles. The first-order chi connectivity index (χ1) is 10.2. The van der Waals surface area contributed by atoms with Crippen LogP contribution in [0.2, 0.25) is 0 Å². The third kappa shape index (κ3) is 3.01. The Bertz CT molecular complexity index is 809. The molecule has 0 unspecified atom stereocenters. The van der Waals surface area contributed by atoms with Crippen molar-refractivity contribution in [2.24, 2.45) is 0 Å². The summed E-state index contributed by atoms with van der Waals surface area (Å²) in [5.41, 5.74) is 1.56. The molecule has 0 atom stereocenters. The highest BCUT2D eigenvalue weighted by atomic mass is 79.9. The van der Waals surface area contributed by atoms with Crippen LogP contribution in [0.3, 0.4) is 0 Å². The zero-order chi connectivity index (χ0) is 14.8. The van der Waals surface area contributed by atoms with Crippen LogP contribution in [0.25, 0.3) is 10.9 Å². The van der Waals surface area contributed by atoms with Crippen molar-refractivity contribution in [1.82, 2.24) is 4.98 Å². The Morgan fingerprint density at radius 2 is 1.95 bits per heavy atom. The zero-order valence-electron chi connectivity index (χ0n) is 10.8. The lowest BCUT2D eigenvalue weighted by atomic mass is 10.2. The van der Waals surface area contributed by atoms with Crippen molar-refractivity contribution in [3.05, 3.63) is 64.4 Å². The van der Waals surface area contributed by atoms with Crippen LogP contribution in [0.4, 0.5) is 4.39 Å². The Morgan fingerprint density at radius 3 is 2.76 bits per heavy atom. The standard InChI is InChI=1S/C16H10BrClFNO/c17-13-6-5-12(19)8-15(13)21-16-11(9-18)7-10-3-1-2-4-14(10)20-16/h1-8H,9H2. The van der Waals surface area contributed by atoms with Gasteiger partial charge in [-0.3, -0.25) is 0 Å². The van der Waals surface area contributed by atoms with Gasteiger partial charge in [-0.25, -0.2) is 9.37 Å². The molecule has 2 nitrogen and oxygen atoms in total. The Morgan fingerprint density at radius 1 is 1.14 bits per heavy atom. The number of benzene rings is 2. The minimum absolute atomic E-state index is 0.264. The maximum absolute atomic E-state index is 13.3. The SMILES string of the molecule is Fc1ccc(Br)c(Oc2nc3ccccc3cc2CCl)c1. The average molecular weight is 367 g/mol. The molecule has 0 aliphatic heterocycles. The number of rotatable bonds is 3. The zero-order valence-corrected chi connectivity index (χ0v) is 13.2. The van der Waals surface area contributed by atoms with Crippen LogP contribution in [-0.2, 0) is 5.88 Å². The minimum Gasteiger partial charge on any atom is -0.437 e. The number of pyridine rings is 1. The lowest BCUT2D eigenvalue weighted by molar-refractivity contribution is 0.453. The maximum atomic E-state index is 13.3. The number of halogens is 3. The molecule has 0 aliphatic rings. The topological polar surface area (TPSA) is 22.1 Å². The molecule has 106 valence electrons. The summed E-state index contributed by atoms with van der Waals surface area (Å²) in [6.45, 7) is 0. The van der Waals surface area contributed by atoms with E-state index in [9.17, 15) is 4.39 Å². The predicted octanol–water partition coefficient (Wildman–Crippen LogP) is 5.67. The van der Waals surface area contributed by atoms with Crippen molar-refractivity contribution >= 4 is 38.4 Å². The van der Waals surface area contributed by atoms with Crippen molar-refractivity contribution in [3.8, 4) is 11.6 Å². The number of aromatic nitrogens is 1. The van der Waals surface area contributed by atoms with Gasteiger partial charge in [0.2, 0.25) is 5.88 Å². The molecule has 0 N–H and O–H groups in total. The molecule has 3 rings (SSSR count). The van der Waals surface area contributed by atoms with Crippen molar-refractivity contribution in [2.45, 2.75) is 5.88 Å². The summed E-state index contributed by atoms with van der Waals surface area (Å²) in [5, 5.41) is 0.985. The molecule has 3 aromatic rings. The predicted molar refractivity (Wildman–Crippen MR) is 85.5 cm³/mol. The molecule has 21 heavy (non-hydrogen) atoms. The van der Waals surface area contributed by atoms with E-state index in [0.717, 1.165) is 16.5 Å². The van der Waals surface area contributed by atoms with Crippen molar-refractivity contribution in [1.29, 1.82) is 0 Å². The molecule has 1 aromatic heterocycles. The molecular weight excluding hydrogens is 357 g/mol. The van der Waals surface area contributed by atoms with Crippen LogP contribution in [-0.4, -0.2) is 4.98 Å². The van der Waals surface area contributed by atoms with Gasteiger partial charge in [0.05, 0.1) is 15.9 Å². The van der Waals surface area contributed by atoms with E-state index in [1.54, 1.807) is 6.07 Å². The fourth-order valence-corrected chi connectivity index (χ4v) is 2.50. The van der Waals surface area contributed by atoms with Crippen molar-refractivity contribution in [2.75, 3.05) is 0 Å². The summed E-state index contributed by atoms with van der Waals surface area (Å²) in [4.78, 5) is 4.46. The second-order valence-corrected chi connectivity index (χ2v) is 5.58. The molecule has 0 fully saturated rings. The number of hydrogen-bond donors (Lipinski definition) is 0. The fraction of sp³-hybridized carbons (Fsp3) is 0.0625. The number of alkyl halides is 1. The molecule has 0 amide bonds. The molecule has 0 saturated heterocycles. The molecule has 0 radical (unpaired) electrons. The number of nitrogens with zero attached hydrogens (tertiary/aromatic N) is 1. The summed E-state index contributed by atoms with van der Waals surface area (Å²) in [5.74, 6) is 0.640. The van der Waals surface area contributed by atoms with Gasteiger partial charge in [0.1, 0.15) is 11.6 Å². The quantitative estimate of drug-likeness (QED) is 0.557.